The molecule has 12 heteroatoms. The molecular formula is C24H23ClN4O5S2. The molecule has 5 rings (SSSR count). The summed E-state index contributed by atoms with van der Waals surface area (Å²) >= 11 is 7.95. The number of hydrogen-bond donors (Lipinski definition) is 1. The first-order valence-corrected chi connectivity index (χ1v) is 13.7. The first kappa shape index (κ1) is 24.7. The van der Waals surface area contributed by atoms with Gasteiger partial charge < -0.3 is 19.5 Å². The van der Waals surface area contributed by atoms with Gasteiger partial charge in [0, 0.05) is 24.0 Å². The van der Waals surface area contributed by atoms with E-state index in [0.717, 1.165) is 21.3 Å². The maximum atomic E-state index is 13.2. The first-order valence-electron chi connectivity index (χ1n) is 11.0. The second-order valence-electron chi connectivity index (χ2n) is 7.90. The smallest absolute Gasteiger partial charge is 0.243 e. The predicted molar refractivity (Wildman–Crippen MR) is 140 cm³/mol. The molecule has 2 aromatic heterocycles. The lowest BCUT2D eigenvalue weighted by atomic mass is 10.1. The average molecular weight is 547 g/mol. The highest BCUT2D eigenvalue weighted by molar-refractivity contribution is 7.89. The number of anilines is 2. The lowest BCUT2D eigenvalue weighted by Gasteiger charge is -2.26. The van der Waals surface area contributed by atoms with E-state index in [1.165, 1.54) is 34.1 Å². The van der Waals surface area contributed by atoms with Gasteiger partial charge in [-0.1, -0.05) is 17.7 Å². The van der Waals surface area contributed by atoms with Crippen LogP contribution in [0, 0.1) is 0 Å². The van der Waals surface area contributed by atoms with E-state index in [1.807, 2.05) is 23.6 Å². The predicted octanol–water partition coefficient (Wildman–Crippen LogP) is 4.79. The van der Waals surface area contributed by atoms with Crippen LogP contribution in [0.5, 0.6) is 11.5 Å². The van der Waals surface area contributed by atoms with E-state index in [2.05, 4.69) is 15.3 Å². The van der Waals surface area contributed by atoms with E-state index in [-0.39, 0.29) is 4.90 Å². The Balaban J connectivity index is 1.55. The number of nitrogens with zero attached hydrogens (tertiary/aromatic N) is 3. The SMILES string of the molecule is COc1ccc(-c2csc3ncnc(Nc4cc(S(=O)(=O)N5CCOCC5)ccc4Cl)c23)cc1OC. The minimum Gasteiger partial charge on any atom is -0.493 e. The van der Waals surface area contributed by atoms with Crippen molar-refractivity contribution in [1.29, 1.82) is 0 Å². The van der Waals surface area contributed by atoms with Crippen molar-refractivity contribution in [3.8, 4) is 22.6 Å². The lowest BCUT2D eigenvalue weighted by molar-refractivity contribution is 0.0730. The molecule has 2 aromatic carbocycles. The summed E-state index contributed by atoms with van der Waals surface area (Å²) in [5.41, 5.74) is 2.22. The van der Waals surface area contributed by atoms with E-state index < -0.39 is 10.0 Å². The fourth-order valence-corrected chi connectivity index (χ4v) is 6.53. The molecule has 0 amide bonds. The average Bonchev–Trinajstić information content (AvgIpc) is 3.35. The van der Waals surface area contributed by atoms with Gasteiger partial charge in [0.1, 0.15) is 17.0 Å². The Morgan fingerprint density at radius 1 is 1.06 bits per heavy atom. The number of thiophene rings is 1. The van der Waals surface area contributed by atoms with Gasteiger partial charge in [0.2, 0.25) is 10.0 Å². The number of aromatic nitrogens is 2. The monoisotopic (exact) mass is 546 g/mol. The zero-order chi connectivity index (χ0) is 25.3. The molecule has 188 valence electrons. The summed E-state index contributed by atoms with van der Waals surface area (Å²) in [6, 6.07) is 10.3. The number of rotatable bonds is 7. The number of hydrogen-bond acceptors (Lipinski definition) is 9. The van der Waals surface area contributed by atoms with Gasteiger partial charge in [-0.3, -0.25) is 0 Å². The van der Waals surface area contributed by atoms with Gasteiger partial charge in [-0.25, -0.2) is 18.4 Å². The summed E-state index contributed by atoms with van der Waals surface area (Å²) in [6.45, 7) is 1.36. The second-order valence-corrected chi connectivity index (χ2v) is 11.1. The minimum absolute atomic E-state index is 0.145. The number of fused-ring (bicyclic) bond motifs is 1. The highest BCUT2D eigenvalue weighted by atomic mass is 35.5. The van der Waals surface area contributed by atoms with Crippen LogP contribution < -0.4 is 14.8 Å². The van der Waals surface area contributed by atoms with Crippen LogP contribution >= 0.6 is 22.9 Å². The quantitative estimate of drug-likeness (QED) is 0.353. The summed E-state index contributed by atoms with van der Waals surface area (Å²) < 4.78 is 43.9. The van der Waals surface area contributed by atoms with Gasteiger partial charge in [0.15, 0.2) is 11.5 Å². The molecule has 0 aliphatic carbocycles. The van der Waals surface area contributed by atoms with Crippen molar-refractivity contribution in [2.75, 3.05) is 45.8 Å². The summed E-state index contributed by atoms with van der Waals surface area (Å²) in [5, 5.41) is 6.38. The Morgan fingerprint density at radius 2 is 1.83 bits per heavy atom. The number of halogens is 1. The zero-order valence-electron chi connectivity index (χ0n) is 19.5. The van der Waals surface area contributed by atoms with Crippen molar-refractivity contribution < 1.29 is 22.6 Å². The molecule has 1 aliphatic heterocycles. The molecule has 1 saturated heterocycles. The molecule has 3 heterocycles. The van der Waals surface area contributed by atoms with Crippen LogP contribution in [0.3, 0.4) is 0 Å². The highest BCUT2D eigenvalue weighted by Gasteiger charge is 2.27. The number of morpholine rings is 1. The standard InChI is InChI=1S/C24H23ClN4O5S2/c1-32-20-6-3-15(11-21(20)33-2)17-13-35-24-22(17)23(26-14-27-24)28-19-12-16(4-5-18(19)25)36(30,31)29-7-9-34-10-8-29/h3-6,11-14H,7-10H2,1-2H3,(H,26,27,28). The van der Waals surface area contributed by atoms with E-state index in [0.29, 0.717) is 54.3 Å². The van der Waals surface area contributed by atoms with Crippen molar-refractivity contribution in [3.63, 3.8) is 0 Å². The summed E-state index contributed by atoms with van der Waals surface area (Å²) in [5.74, 6) is 1.74. The van der Waals surface area contributed by atoms with Crippen molar-refractivity contribution in [3.05, 3.63) is 53.1 Å². The maximum Gasteiger partial charge on any atom is 0.243 e. The van der Waals surface area contributed by atoms with Crippen LogP contribution in [0.15, 0.2) is 53.0 Å². The highest BCUT2D eigenvalue weighted by Crippen LogP contribution is 2.41. The molecule has 4 aromatic rings. The van der Waals surface area contributed by atoms with Gasteiger partial charge in [0.05, 0.1) is 48.4 Å². The molecule has 0 radical (unpaired) electrons. The number of methoxy groups -OCH3 is 2. The third-order valence-electron chi connectivity index (χ3n) is 5.86. The molecule has 0 saturated carbocycles. The summed E-state index contributed by atoms with van der Waals surface area (Å²) in [7, 11) is -0.518. The molecule has 0 atom stereocenters. The molecular weight excluding hydrogens is 524 g/mol. The Bertz CT molecular complexity index is 1520. The fourth-order valence-electron chi connectivity index (χ4n) is 4.01. The van der Waals surface area contributed by atoms with E-state index in [1.54, 1.807) is 20.3 Å². The molecule has 9 nitrogen and oxygen atoms in total. The number of sulfonamides is 1. The molecule has 1 fully saturated rings. The Labute approximate surface area is 217 Å². The largest absolute Gasteiger partial charge is 0.493 e. The second kappa shape index (κ2) is 10.2. The van der Waals surface area contributed by atoms with Crippen LogP contribution in [0.4, 0.5) is 11.5 Å². The lowest BCUT2D eigenvalue weighted by Crippen LogP contribution is -2.40. The zero-order valence-corrected chi connectivity index (χ0v) is 21.9. The summed E-state index contributed by atoms with van der Waals surface area (Å²) in [6.07, 6.45) is 1.46. The molecule has 1 aliphatic rings. The normalized spacial score (nSPS) is 14.6. The van der Waals surface area contributed by atoms with Gasteiger partial charge in [-0.05, 0) is 35.9 Å². The molecule has 0 spiro atoms. The molecule has 36 heavy (non-hydrogen) atoms. The van der Waals surface area contributed by atoms with Crippen LogP contribution in [0.2, 0.25) is 5.02 Å². The van der Waals surface area contributed by atoms with Crippen LogP contribution in [0.25, 0.3) is 21.3 Å². The Hall–Kier alpha value is -2.96. The van der Waals surface area contributed by atoms with Crippen LogP contribution in [-0.4, -0.2) is 63.2 Å². The van der Waals surface area contributed by atoms with Crippen LogP contribution in [0.1, 0.15) is 0 Å². The van der Waals surface area contributed by atoms with Crippen molar-refractivity contribution >= 4 is 54.7 Å². The van der Waals surface area contributed by atoms with Crippen LogP contribution in [-0.2, 0) is 14.8 Å². The number of benzene rings is 2. The maximum absolute atomic E-state index is 13.2. The van der Waals surface area contributed by atoms with Crippen molar-refractivity contribution in [1.82, 2.24) is 14.3 Å². The van der Waals surface area contributed by atoms with Crippen molar-refractivity contribution in [2.45, 2.75) is 4.90 Å². The summed E-state index contributed by atoms with van der Waals surface area (Å²) in [4.78, 5) is 9.78. The topological polar surface area (TPSA) is 103 Å². The Morgan fingerprint density at radius 3 is 2.58 bits per heavy atom. The third kappa shape index (κ3) is 4.60. The van der Waals surface area contributed by atoms with Gasteiger partial charge in [-0.2, -0.15) is 4.31 Å². The third-order valence-corrected chi connectivity index (χ3v) is 8.97. The Kier molecular flexibility index (Phi) is 7.00. The fraction of sp³-hybridized carbons (Fsp3) is 0.250. The number of ether oxygens (including phenoxy) is 3. The van der Waals surface area contributed by atoms with Gasteiger partial charge >= 0.3 is 0 Å². The van der Waals surface area contributed by atoms with Gasteiger partial charge in [-0.15, -0.1) is 11.3 Å². The molecule has 1 N–H and O–H groups in total. The van der Waals surface area contributed by atoms with E-state index in [9.17, 15) is 8.42 Å². The molecule has 0 unspecified atom stereocenters. The minimum atomic E-state index is -3.69. The van der Waals surface area contributed by atoms with E-state index >= 15 is 0 Å². The molecule has 0 bridgehead atoms. The van der Waals surface area contributed by atoms with E-state index in [4.69, 9.17) is 25.8 Å². The first-order chi connectivity index (χ1) is 17.4. The van der Waals surface area contributed by atoms with Crippen molar-refractivity contribution in [2.24, 2.45) is 0 Å². The van der Waals surface area contributed by atoms with Gasteiger partial charge in [0.25, 0.3) is 0 Å². The number of nitrogens with one attached hydrogen (secondary N) is 1.